The molecule has 1 aromatic rings. The molecule has 3 N–H and O–H groups in total. The zero-order valence-corrected chi connectivity index (χ0v) is 20.5. The molecule has 8 heteroatoms. The molecule has 184 valence electrons. The monoisotopic (exact) mass is 469 g/mol. The van der Waals surface area contributed by atoms with Gasteiger partial charge in [-0.1, -0.05) is 17.7 Å². The number of carbonyl (C=O) groups is 4. The zero-order chi connectivity index (χ0) is 24.7. The van der Waals surface area contributed by atoms with Crippen LogP contribution in [0, 0.1) is 38.0 Å². The average molecular weight is 470 g/mol. The van der Waals surface area contributed by atoms with Crippen LogP contribution in [0.2, 0.25) is 0 Å². The van der Waals surface area contributed by atoms with Crippen LogP contribution in [0.15, 0.2) is 12.1 Å². The summed E-state index contributed by atoms with van der Waals surface area (Å²) in [4.78, 5) is 49.5. The second-order valence-corrected chi connectivity index (χ2v) is 10.9. The summed E-state index contributed by atoms with van der Waals surface area (Å²) < 4.78 is 5.45. The molecule has 4 aliphatic rings. The standard InChI is InChI=1S/C26H35N3O5/c1-15-5-16(2)23(17(3)6-15)28-21(31)12-27-22(32)13-34-24(33)25-8-19-7-20(9-25)11-26(10-19,14-25)29-18(4)30/h5-6,19-20H,7-14H2,1-4H3,(H,27,32)(H,28,31)(H,29,30)/t19-,20-,25?,26?/m1/s1. The van der Waals surface area contributed by atoms with Crippen LogP contribution in [0.4, 0.5) is 5.69 Å². The summed E-state index contributed by atoms with van der Waals surface area (Å²) in [5.74, 6) is -0.491. The van der Waals surface area contributed by atoms with E-state index in [4.69, 9.17) is 4.74 Å². The Morgan fingerprint density at radius 3 is 2.18 bits per heavy atom. The van der Waals surface area contributed by atoms with E-state index in [2.05, 4.69) is 16.0 Å². The van der Waals surface area contributed by atoms with Crippen LogP contribution < -0.4 is 16.0 Å². The summed E-state index contributed by atoms with van der Waals surface area (Å²) >= 11 is 0. The molecule has 2 atom stereocenters. The SMILES string of the molecule is CC(=O)NC12C[C@@H]3C[C@@H](C1)CC(C(=O)OCC(=O)NCC(=O)Nc1c(C)cc(C)cc1C)(C3)C2. The molecule has 5 rings (SSSR count). The van der Waals surface area contributed by atoms with Crippen LogP contribution in [0.5, 0.6) is 0 Å². The molecular formula is C26H35N3O5. The van der Waals surface area contributed by atoms with Crippen LogP contribution in [-0.2, 0) is 23.9 Å². The Morgan fingerprint density at radius 2 is 1.59 bits per heavy atom. The molecule has 0 aliphatic heterocycles. The minimum atomic E-state index is -0.634. The van der Waals surface area contributed by atoms with Crippen molar-refractivity contribution in [2.45, 2.75) is 71.8 Å². The molecule has 0 heterocycles. The van der Waals surface area contributed by atoms with E-state index in [-0.39, 0.29) is 29.9 Å². The van der Waals surface area contributed by atoms with Crippen molar-refractivity contribution in [1.82, 2.24) is 10.6 Å². The summed E-state index contributed by atoms with van der Waals surface area (Å²) in [7, 11) is 0. The molecule has 0 saturated heterocycles. The number of anilines is 1. The second kappa shape index (κ2) is 9.04. The molecule has 4 fully saturated rings. The summed E-state index contributed by atoms with van der Waals surface area (Å²) in [6.07, 6.45) is 4.99. The fraction of sp³-hybridized carbons (Fsp3) is 0.615. The van der Waals surface area contributed by atoms with E-state index >= 15 is 0 Å². The van der Waals surface area contributed by atoms with Crippen LogP contribution in [-0.4, -0.2) is 42.4 Å². The Morgan fingerprint density at radius 1 is 0.971 bits per heavy atom. The summed E-state index contributed by atoms with van der Waals surface area (Å²) in [5.41, 5.74) is 2.81. The summed E-state index contributed by atoms with van der Waals surface area (Å²) in [5, 5.41) is 8.49. The van der Waals surface area contributed by atoms with Crippen molar-refractivity contribution in [3.05, 3.63) is 28.8 Å². The predicted molar refractivity (Wildman–Crippen MR) is 127 cm³/mol. The number of carbonyl (C=O) groups excluding carboxylic acids is 4. The number of hydrogen-bond donors (Lipinski definition) is 3. The van der Waals surface area contributed by atoms with Crippen molar-refractivity contribution >= 4 is 29.4 Å². The first-order valence-corrected chi connectivity index (χ1v) is 12.1. The van der Waals surface area contributed by atoms with E-state index in [0.717, 1.165) is 54.5 Å². The van der Waals surface area contributed by atoms with Crippen LogP contribution in [0.25, 0.3) is 0 Å². The van der Waals surface area contributed by atoms with Crippen molar-refractivity contribution in [2.24, 2.45) is 17.3 Å². The molecule has 3 amide bonds. The molecule has 34 heavy (non-hydrogen) atoms. The molecular weight excluding hydrogens is 434 g/mol. The zero-order valence-electron chi connectivity index (χ0n) is 20.5. The summed E-state index contributed by atoms with van der Waals surface area (Å²) in [6.45, 7) is 6.74. The molecule has 0 radical (unpaired) electrons. The van der Waals surface area contributed by atoms with E-state index in [9.17, 15) is 19.2 Å². The molecule has 0 spiro atoms. The molecule has 4 aliphatic carbocycles. The van der Waals surface area contributed by atoms with Crippen molar-refractivity contribution in [3.63, 3.8) is 0 Å². The van der Waals surface area contributed by atoms with Crippen molar-refractivity contribution in [2.75, 3.05) is 18.5 Å². The van der Waals surface area contributed by atoms with E-state index in [0.29, 0.717) is 18.3 Å². The number of ether oxygens (including phenoxy) is 1. The maximum atomic E-state index is 13.1. The summed E-state index contributed by atoms with van der Waals surface area (Å²) in [6, 6.07) is 3.97. The van der Waals surface area contributed by atoms with Gasteiger partial charge in [0.05, 0.1) is 12.0 Å². The van der Waals surface area contributed by atoms with Gasteiger partial charge in [0, 0.05) is 18.2 Å². The number of rotatable bonds is 7. The van der Waals surface area contributed by atoms with Crippen LogP contribution in [0.3, 0.4) is 0 Å². The lowest BCUT2D eigenvalue weighted by Gasteiger charge is -2.60. The van der Waals surface area contributed by atoms with Gasteiger partial charge in [-0.3, -0.25) is 19.2 Å². The number of hydrogen-bond acceptors (Lipinski definition) is 5. The third-order valence-electron chi connectivity index (χ3n) is 7.66. The lowest BCUT2D eigenvalue weighted by molar-refractivity contribution is -0.177. The first-order valence-electron chi connectivity index (χ1n) is 12.1. The number of amides is 3. The quantitative estimate of drug-likeness (QED) is 0.532. The van der Waals surface area contributed by atoms with Gasteiger partial charge in [0.25, 0.3) is 5.91 Å². The molecule has 4 bridgehead atoms. The van der Waals surface area contributed by atoms with Gasteiger partial charge >= 0.3 is 5.97 Å². The Hall–Kier alpha value is -2.90. The number of nitrogens with one attached hydrogen (secondary N) is 3. The maximum Gasteiger partial charge on any atom is 0.312 e. The van der Waals surface area contributed by atoms with Crippen molar-refractivity contribution in [3.8, 4) is 0 Å². The van der Waals surface area contributed by atoms with E-state index in [1.165, 1.54) is 6.92 Å². The Labute approximate surface area is 200 Å². The number of aryl methyl sites for hydroxylation is 3. The third kappa shape index (κ3) is 4.95. The highest BCUT2D eigenvalue weighted by Gasteiger charge is 2.61. The molecule has 8 nitrogen and oxygen atoms in total. The Kier molecular flexibility index (Phi) is 6.44. The fourth-order valence-electron chi connectivity index (χ4n) is 7.10. The van der Waals surface area contributed by atoms with Gasteiger partial charge in [-0.25, -0.2) is 0 Å². The predicted octanol–water partition coefficient (Wildman–Crippen LogP) is 2.68. The van der Waals surface area contributed by atoms with Gasteiger partial charge in [0.2, 0.25) is 11.8 Å². The number of benzene rings is 1. The highest BCUT2D eigenvalue weighted by atomic mass is 16.5. The van der Waals surface area contributed by atoms with Crippen LogP contribution in [0.1, 0.15) is 62.1 Å². The van der Waals surface area contributed by atoms with Gasteiger partial charge < -0.3 is 20.7 Å². The first kappa shape index (κ1) is 24.2. The van der Waals surface area contributed by atoms with Gasteiger partial charge in [0.15, 0.2) is 6.61 Å². The van der Waals surface area contributed by atoms with Gasteiger partial charge in [-0.15, -0.1) is 0 Å². The normalized spacial score (nSPS) is 28.8. The largest absolute Gasteiger partial charge is 0.455 e. The van der Waals surface area contributed by atoms with Gasteiger partial charge in [0.1, 0.15) is 0 Å². The Balaban J connectivity index is 1.28. The smallest absolute Gasteiger partial charge is 0.312 e. The average Bonchev–Trinajstić information content (AvgIpc) is 2.71. The lowest BCUT2D eigenvalue weighted by Crippen LogP contribution is -2.64. The molecule has 0 aromatic heterocycles. The van der Waals surface area contributed by atoms with Crippen molar-refractivity contribution in [1.29, 1.82) is 0 Å². The Bertz CT molecular complexity index is 996. The topological polar surface area (TPSA) is 114 Å². The highest BCUT2D eigenvalue weighted by molar-refractivity contribution is 5.96. The van der Waals surface area contributed by atoms with Crippen LogP contribution >= 0.6 is 0 Å². The lowest BCUT2D eigenvalue weighted by atomic mass is 9.47. The third-order valence-corrected chi connectivity index (χ3v) is 7.66. The van der Waals surface area contributed by atoms with E-state index in [1.807, 2.05) is 32.9 Å². The fourth-order valence-corrected chi connectivity index (χ4v) is 7.10. The minimum absolute atomic E-state index is 0.0702. The van der Waals surface area contributed by atoms with Gasteiger partial charge in [-0.05, 0) is 82.3 Å². The van der Waals surface area contributed by atoms with E-state index in [1.54, 1.807) is 0 Å². The second-order valence-electron chi connectivity index (χ2n) is 10.9. The molecule has 4 saturated carbocycles. The maximum absolute atomic E-state index is 13.1. The molecule has 1 aromatic carbocycles. The first-order chi connectivity index (χ1) is 16.0. The molecule has 0 unspecified atom stereocenters. The van der Waals surface area contributed by atoms with Gasteiger partial charge in [-0.2, -0.15) is 0 Å². The van der Waals surface area contributed by atoms with E-state index < -0.39 is 17.9 Å². The van der Waals surface area contributed by atoms with Crippen molar-refractivity contribution < 1.29 is 23.9 Å². The minimum Gasteiger partial charge on any atom is -0.455 e. The number of esters is 1. The highest BCUT2D eigenvalue weighted by Crippen LogP contribution is 2.62.